The number of ether oxygens (including phenoxy) is 1. The minimum Gasteiger partial charge on any atom is -0.379 e. The first-order valence-electron chi connectivity index (χ1n) is 2.93. The van der Waals surface area contributed by atoms with Gasteiger partial charge in [-0.15, -0.1) is 0 Å². The third kappa shape index (κ3) is 5.96. The van der Waals surface area contributed by atoms with E-state index in [-0.39, 0.29) is 0 Å². The zero-order chi connectivity index (χ0) is 6.62. The first-order chi connectivity index (χ1) is 3.56. The number of hydrogen-bond donors (Lipinski definition) is 0. The topological polar surface area (TPSA) is 9.23 Å². The van der Waals surface area contributed by atoms with Gasteiger partial charge in [-0.3, -0.25) is 0 Å². The van der Waals surface area contributed by atoms with Crippen molar-refractivity contribution < 1.29 is 4.74 Å². The molecule has 0 heterocycles. The lowest BCUT2D eigenvalue weighted by atomic mass is 9.93. The van der Waals surface area contributed by atoms with E-state index < -0.39 is 0 Å². The van der Waals surface area contributed by atoms with Crippen molar-refractivity contribution in [1.29, 1.82) is 0 Å². The molecule has 1 nitrogen and oxygen atoms in total. The molecule has 49 valence electrons. The molecule has 0 bridgehead atoms. The van der Waals surface area contributed by atoms with Gasteiger partial charge in [0.1, 0.15) is 0 Å². The maximum atomic E-state index is 4.67. The SMILES string of the molecule is [CH2]OCCC(C)(C)C. The molecule has 0 amide bonds. The molecule has 0 aliphatic rings. The van der Waals surface area contributed by atoms with Gasteiger partial charge in [-0.25, -0.2) is 0 Å². The molecule has 0 N–H and O–H groups in total. The van der Waals surface area contributed by atoms with Crippen molar-refractivity contribution in [3.05, 3.63) is 7.11 Å². The van der Waals surface area contributed by atoms with Crippen molar-refractivity contribution in [2.45, 2.75) is 27.2 Å². The largest absolute Gasteiger partial charge is 0.379 e. The predicted molar refractivity (Wildman–Crippen MR) is 35.4 cm³/mol. The molecule has 0 aromatic heterocycles. The fourth-order valence-corrected chi connectivity index (χ4v) is 0.378. The molecule has 0 fully saturated rings. The zero-order valence-electron chi connectivity index (χ0n) is 6.03. The normalized spacial score (nSPS) is 12.0. The van der Waals surface area contributed by atoms with Crippen molar-refractivity contribution >= 4 is 0 Å². The predicted octanol–water partition coefficient (Wildman–Crippen LogP) is 2.23. The lowest BCUT2D eigenvalue weighted by Gasteiger charge is -2.16. The minimum atomic E-state index is 0.387. The zero-order valence-corrected chi connectivity index (χ0v) is 6.03. The maximum Gasteiger partial charge on any atom is 0.0700 e. The van der Waals surface area contributed by atoms with Gasteiger partial charge >= 0.3 is 0 Å². The summed E-state index contributed by atoms with van der Waals surface area (Å²) in [6, 6.07) is 0. The molecule has 0 spiro atoms. The highest BCUT2D eigenvalue weighted by Gasteiger charge is 2.07. The van der Waals surface area contributed by atoms with E-state index in [1.165, 1.54) is 0 Å². The van der Waals surface area contributed by atoms with E-state index in [2.05, 4.69) is 32.6 Å². The Morgan fingerprint density at radius 3 is 2.00 bits per heavy atom. The van der Waals surface area contributed by atoms with Gasteiger partial charge in [0.25, 0.3) is 0 Å². The molecule has 0 aromatic carbocycles. The van der Waals surface area contributed by atoms with E-state index in [0.29, 0.717) is 5.41 Å². The molecule has 0 aliphatic heterocycles. The molecule has 0 aliphatic carbocycles. The molecule has 0 atom stereocenters. The van der Waals surface area contributed by atoms with Crippen LogP contribution in [-0.2, 0) is 4.74 Å². The Hall–Kier alpha value is -0.0400. The second-order valence-electron chi connectivity index (χ2n) is 3.22. The van der Waals surface area contributed by atoms with Gasteiger partial charge in [-0.2, -0.15) is 0 Å². The van der Waals surface area contributed by atoms with Gasteiger partial charge in [0.2, 0.25) is 0 Å². The van der Waals surface area contributed by atoms with Crippen LogP contribution in [0.4, 0.5) is 0 Å². The summed E-state index contributed by atoms with van der Waals surface area (Å²) in [4.78, 5) is 0. The van der Waals surface area contributed by atoms with E-state index in [1.807, 2.05) is 0 Å². The first kappa shape index (κ1) is 7.96. The average Bonchev–Trinajstić information content (AvgIpc) is 1.59. The Bertz CT molecular complexity index is 51.9. The smallest absolute Gasteiger partial charge is 0.0700 e. The van der Waals surface area contributed by atoms with Crippen LogP contribution in [0, 0.1) is 12.5 Å². The summed E-state index contributed by atoms with van der Waals surface area (Å²) in [5.41, 5.74) is 0.387. The van der Waals surface area contributed by atoms with Gasteiger partial charge < -0.3 is 4.74 Å². The van der Waals surface area contributed by atoms with E-state index in [4.69, 9.17) is 0 Å². The Morgan fingerprint density at radius 2 is 1.88 bits per heavy atom. The Kier molecular flexibility index (Phi) is 3.06. The molecular formula is C7H15O. The Balaban J connectivity index is 3.11. The maximum absolute atomic E-state index is 4.67. The minimum absolute atomic E-state index is 0.387. The molecule has 0 saturated heterocycles. The number of rotatable bonds is 2. The second-order valence-corrected chi connectivity index (χ2v) is 3.22. The second kappa shape index (κ2) is 3.08. The number of hydrogen-bond acceptors (Lipinski definition) is 1. The van der Waals surface area contributed by atoms with Crippen LogP contribution in [0.1, 0.15) is 27.2 Å². The van der Waals surface area contributed by atoms with Crippen LogP contribution in [0.3, 0.4) is 0 Å². The molecule has 1 heteroatoms. The van der Waals surface area contributed by atoms with Crippen molar-refractivity contribution in [1.82, 2.24) is 0 Å². The highest BCUT2D eigenvalue weighted by Crippen LogP contribution is 2.17. The van der Waals surface area contributed by atoms with Crippen LogP contribution in [0.15, 0.2) is 0 Å². The summed E-state index contributed by atoms with van der Waals surface area (Å²) in [5, 5.41) is 0. The summed E-state index contributed by atoms with van der Waals surface area (Å²) in [7, 11) is 3.29. The third-order valence-electron chi connectivity index (χ3n) is 0.996. The molecule has 1 radical (unpaired) electrons. The van der Waals surface area contributed by atoms with E-state index in [1.54, 1.807) is 0 Å². The van der Waals surface area contributed by atoms with Crippen LogP contribution in [0.25, 0.3) is 0 Å². The van der Waals surface area contributed by atoms with Crippen LogP contribution >= 0.6 is 0 Å². The fourth-order valence-electron chi connectivity index (χ4n) is 0.378. The summed E-state index contributed by atoms with van der Waals surface area (Å²) in [6.45, 7) is 7.33. The van der Waals surface area contributed by atoms with Crippen LogP contribution in [-0.4, -0.2) is 6.61 Å². The van der Waals surface area contributed by atoms with Crippen molar-refractivity contribution in [3.8, 4) is 0 Å². The van der Waals surface area contributed by atoms with E-state index in [9.17, 15) is 0 Å². The fraction of sp³-hybridized carbons (Fsp3) is 0.857. The van der Waals surface area contributed by atoms with Crippen LogP contribution in [0.5, 0.6) is 0 Å². The molecule has 0 rings (SSSR count). The van der Waals surface area contributed by atoms with Crippen molar-refractivity contribution in [2.75, 3.05) is 6.61 Å². The molecule has 0 saturated carbocycles. The quantitative estimate of drug-likeness (QED) is 0.536. The molecule has 0 unspecified atom stereocenters. The van der Waals surface area contributed by atoms with Gasteiger partial charge in [-0.1, -0.05) is 20.8 Å². The monoisotopic (exact) mass is 115 g/mol. The standard InChI is InChI=1S/C7H15O/c1-7(2,3)5-6-8-4/h4-6H2,1-3H3. The van der Waals surface area contributed by atoms with Gasteiger partial charge in [0.15, 0.2) is 0 Å². The van der Waals surface area contributed by atoms with Gasteiger partial charge in [0.05, 0.1) is 7.11 Å². The summed E-state index contributed by atoms with van der Waals surface area (Å²) >= 11 is 0. The molecular weight excluding hydrogens is 100 g/mol. The van der Waals surface area contributed by atoms with E-state index >= 15 is 0 Å². The lowest BCUT2D eigenvalue weighted by molar-refractivity contribution is 0.192. The summed E-state index contributed by atoms with van der Waals surface area (Å²) in [5.74, 6) is 0. The van der Waals surface area contributed by atoms with Crippen LogP contribution in [0.2, 0.25) is 0 Å². The van der Waals surface area contributed by atoms with Gasteiger partial charge in [0, 0.05) is 6.61 Å². The van der Waals surface area contributed by atoms with Crippen LogP contribution < -0.4 is 0 Å². The highest BCUT2D eigenvalue weighted by molar-refractivity contribution is 4.59. The molecule has 8 heavy (non-hydrogen) atoms. The first-order valence-corrected chi connectivity index (χ1v) is 2.93. The Labute approximate surface area is 52.0 Å². The van der Waals surface area contributed by atoms with Gasteiger partial charge in [-0.05, 0) is 11.8 Å². The Morgan fingerprint density at radius 1 is 1.38 bits per heavy atom. The average molecular weight is 115 g/mol. The van der Waals surface area contributed by atoms with Crippen molar-refractivity contribution in [2.24, 2.45) is 5.41 Å². The van der Waals surface area contributed by atoms with Crippen molar-refractivity contribution in [3.63, 3.8) is 0 Å². The third-order valence-corrected chi connectivity index (χ3v) is 0.996. The summed E-state index contributed by atoms with van der Waals surface area (Å²) in [6.07, 6.45) is 1.08. The molecule has 0 aromatic rings. The lowest BCUT2D eigenvalue weighted by Crippen LogP contribution is -2.07. The van der Waals surface area contributed by atoms with E-state index in [0.717, 1.165) is 13.0 Å². The highest BCUT2D eigenvalue weighted by atomic mass is 16.5. The summed E-state index contributed by atoms with van der Waals surface area (Å²) < 4.78 is 4.67.